The molecule has 0 saturated carbocycles. The van der Waals surface area contributed by atoms with Crippen molar-refractivity contribution in [2.24, 2.45) is 0 Å². The van der Waals surface area contributed by atoms with Crippen molar-refractivity contribution in [3.05, 3.63) is 84.1 Å². The summed E-state index contributed by atoms with van der Waals surface area (Å²) in [7, 11) is 0. The van der Waals surface area contributed by atoms with Crippen molar-refractivity contribution in [2.45, 2.75) is 32.5 Å². The Morgan fingerprint density at radius 1 is 0.806 bits per heavy atom. The van der Waals surface area contributed by atoms with E-state index < -0.39 is 28.7 Å². The summed E-state index contributed by atoms with van der Waals surface area (Å²) in [6.07, 6.45) is 1.22. The van der Waals surface area contributed by atoms with Crippen molar-refractivity contribution in [3.8, 4) is 11.3 Å². The monoisotopic (exact) mass is 674 g/mol. The average Bonchev–Trinajstić information content (AvgIpc) is 2.85. The smallest absolute Gasteiger partial charge is 0.198 e. The molecule has 36 heavy (non-hydrogen) atoms. The van der Waals surface area contributed by atoms with E-state index in [1.54, 1.807) is 50.2 Å². The van der Waals surface area contributed by atoms with Gasteiger partial charge in [-0.3, -0.25) is 4.98 Å². The van der Waals surface area contributed by atoms with E-state index in [1.807, 2.05) is 6.07 Å². The minimum Gasteiger partial charge on any atom is -0.393 e. The molecule has 0 bridgehead atoms. The van der Waals surface area contributed by atoms with E-state index in [2.05, 4.69) is 16.0 Å². The molecule has 0 aliphatic heterocycles. The van der Waals surface area contributed by atoms with Gasteiger partial charge in [-0.25, -0.2) is 17.6 Å². The Kier molecular flexibility index (Phi) is 8.74. The molecule has 1 heterocycles. The molecule has 0 aliphatic rings. The zero-order valence-corrected chi connectivity index (χ0v) is 21.6. The van der Waals surface area contributed by atoms with Gasteiger partial charge < -0.3 is 15.2 Å². The Bertz CT molecular complexity index is 1520. The zero-order chi connectivity index (χ0) is 25.3. The van der Waals surface area contributed by atoms with Crippen LogP contribution in [0.5, 0.6) is 0 Å². The molecule has 1 aromatic heterocycles. The number of hydrogen-bond donors (Lipinski definition) is 2. The third-order valence-corrected chi connectivity index (χ3v) is 5.39. The number of fused-ring (bicyclic) bond motifs is 6. The van der Waals surface area contributed by atoms with Crippen molar-refractivity contribution in [2.75, 3.05) is 0 Å². The van der Waals surface area contributed by atoms with Crippen LogP contribution >= 0.6 is 0 Å². The maximum absolute atomic E-state index is 14.8. The zero-order valence-electron chi connectivity index (χ0n) is 19.2. The van der Waals surface area contributed by atoms with E-state index in [9.17, 15) is 17.6 Å². The standard InChI is InChI=1S/C22H9F4N2.C5H12O2.Ir/c23-17-15-12-8-4-5-9-13(12)21-22(16(15)18(24)20(26)19(17)25)28-14(10-27-21)11-6-2-1-3-7-11;1-4(6)3-5(2)7;/h1-8,10H;4-7H,3H2,1-2H3;/q-1;;. The van der Waals surface area contributed by atoms with E-state index in [0.29, 0.717) is 23.1 Å². The minimum absolute atomic E-state index is 0. The van der Waals surface area contributed by atoms with Crippen molar-refractivity contribution in [1.29, 1.82) is 0 Å². The number of benzene rings is 4. The number of aliphatic hydroxyl groups is 2. The number of aromatic nitrogens is 2. The summed E-state index contributed by atoms with van der Waals surface area (Å²) in [5.41, 5.74) is 1.27. The summed E-state index contributed by atoms with van der Waals surface area (Å²) in [5.74, 6) is -6.70. The van der Waals surface area contributed by atoms with Crippen LogP contribution in [0.2, 0.25) is 0 Å². The van der Waals surface area contributed by atoms with Gasteiger partial charge in [0.05, 0.1) is 23.4 Å². The quantitative estimate of drug-likeness (QED) is 0.0800. The molecule has 5 aromatic rings. The molecule has 0 aliphatic carbocycles. The van der Waals surface area contributed by atoms with Gasteiger partial charge in [-0.15, -0.1) is 29.7 Å². The van der Waals surface area contributed by atoms with E-state index in [1.165, 1.54) is 12.3 Å². The Morgan fingerprint density at radius 3 is 2.00 bits per heavy atom. The largest absolute Gasteiger partial charge is 0.393 e. The fourth-order valence-electron chi connectivity index (χ4n) is 3.94. The van der Waals surface area contributed by atoms with Crippen LogP contribution < -0.4 is 0 Å². The van der Waals surface area contributed by atoms with Gasteiger partial charge in [-0.05, 0) is 25.7 Å². The molecule has 4 aromatic carbocycles. The molecule has 0 amide bonds. The van der Waals surface area contributed by atoms with Crippen molar-refractivity contribution < 1.29 is 47.9 Å². The van der Waals surface area contributed by atoms with Crippen LogP contribution in [0.15, 0.2) is 54.7 Å². The Labute approximate surface area is 218 Å². The van der Waals surface area contributed by atoms with Crippen LogP contribution in [0.3, 0.4) is 0 Å². The summed E-state index contributed by atoms with van der Waals surface area (Å²) in [4.78, 5) is 8.78. The van der Waals surface area contributed by atoms with Crippen molar-refractivity contribution in [3.63, 3.8) is 0 Å². The van der Waals surface area contributed by atoms with Gasteiger partial charge in [0.1, 0.15) is 0 Å². The summed E-state index contributed by atoms with van der Waals surface area (Å²) in [5, 5.41) is 16.8. The molecule has 0 spiro atoms. The molecule has 2 N–H and O–H groups in total. The van der Waals surface area contributed by atoms with E-state index in [-0.39, 0.29) is 54.1 Å². The first-order valence-electron chi connectivity index (χ1n) is 10.9. The molecule has 0 fully saturated rings. The second-order valence-electron chi connectivity index (χ2n) is 8.22. The minimum atomic E-state index is -1.88. The molecule has 189 valence electrons. The van der Waals surface area contributed by atoms with E-state index in [4.69, 9.17) is 10.2 Å². The fraction of sp³-hybridized carbons (Fsp3) is 0.185. The van der Waals surface area contributed by atoms with Crippen LogP contribution in [-0.2, 0) is 20.1 Å². The second kappa shape index (κ2) is 11.4. The Balaban J connectivity index is 0.000000400. The predicted molar refractivity (Wildman–Crippen MR) is 127 cm³/mol. The maximum atomic E-state index is 14.8. The van der Waals surface area contributed by atoms with Crippen LogP contribution in [0.4, 0.5) is 17.6 Å². The van der Waals surface area contributed by atoms with Crippen LogP contribution in [0.1, 0.15) is 20.3 Å². The van der Waals surface area contributed by atoms with Gasteiger partial charge in [0.25, 0.3) is 0 Å². The first-order valence-corrected chi connectivity index (χ1v) is 10.9. The van der Waals surface area contributed by atoms with E-state index in [0.717, 1.165) is 0 Å². The normalized spacial score (nSPS) is 12.7. The van der Waals surface area contributed by atoms with Crippen LogP contribution in [-0.4, -0.2) is 32.4 Å². The first kappa shape index (κ1) is 27.6. The maximum Gasteiger partial charge on any atom is 0.198 e. The van der Waals surface area contributed by atoms with E-state index >= 15 is 0 Å². The van der Waals surface area contributed by atoms with Gasteiger partial charge in [-0.1, -0.05) is 35.7 Å². The molecular formula is C27H21F4IrN2O2-. The number of hydrogen-bond acceptors (Lipinski definition) is 4. The fourth-order valence-corrected chi connectivity index (χ4v) is 3.94. The third kappa shape index (κ3) is 5.25. The molecule has 0 saturated heterocycles. The molecule has 4 nitrogen and oxygen atoms in total. The molecule has 1 radical (unpaired) electrons. The third-order valence-electron chi connectivity index (χ3n) is 5.39. The topological polar surface area (TPSA) is 66.2 Å². The number of rotatable bonds is 3. The van der Waals surface area contributed by atoms with Crippen LogP contribution in [0.25, 0.3) is 43.8 Å². The van der Waals surface area contributed by atoms with Gasteiger partial charge in [-0.2, -0.15) is 0 Å². The van der Waals surface area contributed by atoms with Gasteiger partial charge in [0.15, 0.2) is 23.3 Å². The summed E-state index contributed by atoms with van der Waals surface area (Å²) >= 11 is 0. The van der Waals surface area contributed by atoms with Gasteiger partial charge in [0, 0.05) is 42.8 Å². The molecule has 9 heteroatoms. The Hall–Kier alpha value is -2.97. The first-order chi connectivity index (χ1) is 16.7. The predicted octanol–water partition coefficient (Wildman–Crippen LogP) is 6.10. The molecule has 2 unspecified atom stereocenters. The summed E-state index contributed by atoms with van der Waals surface area (Å²) in [6.45, 7) is 3.32. The van der Waals surface area contributed by atoms with Gasteiger partial charge >= 0.3 is 0 Å². The van der Waals surface area contributed by atoms with Crippen molar-refractivity contribution >= 4 is 32.6 Å². The molecule has 2 atom stereocenters. The second-order valence-corrected chi connectivity index (χ2v) is 8.22. The SMILES string of the molecule is CC(O)CC(C)O.Fc1c(F)c(F)c2c3nc(-c4ccccc4)cnc3c3[c-]cccc3c2c1F.[Ir]. The van der Waals surface area contributed by atoms with Crippen molar-refractivity contribution in [1.82, 2.24) is 9.97 Å². The van der Waals surface area contributed by atoms with Crippen LogP contribution in [0, 0.1) is 29.3 Å². The average molecular weight is 674 g/mol. The summed E-state index contributed by atoms with van der Waals surface area (Å²) in [6, 6.07) is 16.5. The molecule has 5 rings (SSSR count). The number of halogens is 4. The Morgan fingerprint density at radius 2 is 1.42 bits per heavy atom. The van der Waals surface area contributed by atoms with Gasteiger partial charge in [0.2, 0.25) is 0 Å². The number of aliphatic hydroxyl groups excluding tert-OH is 2. The number of nitrogens with zero attached hydrogens (tertiary/aromatic N) is 2. The molecular weight excluding hydrogens is 653 g/mol. The summed E-state index contributed by atoms with van der Waals surface area (Å²) < 4.78 is 57.4.